The number of fused-ring (bicyclic) bond motifs is 1. The summed E-state index contributed by atoms with van der Waals surface area (Å²) in [5.74, 6) is -0.817. The van der Waals surface area contributed by atoms with Crippen LogP contribution in [0.3, 0.4) is 0 Å². The average Bonchev–Trinajstić information content (AvgIpc) is 3.42. The molecule has 38 heavy (non-hydrogen) atoms. The summed E-state index contributed by atoms with van der Waals surface area (Å²) in [5, 5.41) is 12.9. The molecule has 0 saturated carbocycles. The second-order valence-corrected chi connectivity index (χ2v) is 10.1. The zero-order chi connectivity index (χ0) is 26.6. The van der Waals surface area contributed by atoms with E-state index in [1.54, 1.807) is 31.2 Å². The molecule has 2 aliphatic rings. The van der Waals surface area contributed by atoms with Crippen LogP contribution < -0.4 is 0 Å². The van der Waals surface area contributed by atoms with Gasteiger partial charge in [0.05, 0.1) is 30.4 Å². The number of aliphatic imine (C=N–C) groups is 1. The molecule has 0 atom stereocenters. The minimum absolute atomic E-state index is 0.0179. The number of halogens is 1. The number of hydrogen-bond donors (Lipinski definition) is 1. The van der Waals surface area contributed by atoms with Gasteiger partial charge in [0, 0.05) is 40.8 Å². The van der Waals surface area contributed by atoms with Crippen LogP contribution in [0.5, 0.6) is 0 Å². The number of rotatable bonds is 6. The number of hydrogen-bond acceptors (Lipinski definition) is 7. The maximum atomic E-state index is 12.9. The number of carbonyl (C=O) groups is 2. The van der Waals surface area contributed by atoms with Crippen molar-refractivity contribution >= 4 is 62.9 Å². The zero-order valence-corrected chi connectivity index (χ0v) is 22.3. The minimum atomic E-state index is -0.646. The molecule has 196 valence electrons. The van der Waals surface area contributed by atoms with E-state index in [-0.39, 0.29) is 30.4 Å². The van der Waals surface area contributed by atoms with Crippen molar-refractivity contribution in [2.24, 2.45) is 4.99 Å². The van der Waals surface area contributed by atoms with Crippen molar-refractivity contribution in [3.05, 3.63) is 81.6 Å². The Labute approximate surface area is 229 Å². The van der Waals surface area contributed by atoms with Crippen LogP contribution in [0.15, 0.2) is 76.0 Å². The highest BCUT2D eigenvalue weighted by Crippen LogP contribution is 2.41. The van der Waals surface area contributed by atoms with Crippen molar-refractivity contribution in [3.63, 3.8) is 0 Å². The summed E-state index contributed by atoms with van der Waals surface area (Å²) in [7, 11) is 0. The molecule has 1 N–H and O–H groups in total. The zero-order valence-electron chi connectivity index (χ0n) is 20.7. The van der Waals surface area contributed by atoms with Gasteiger partial charge < -0.3 is 24.0 Å². The Morgan fingerprint density at radius 1 is 1.16 bits per heavy atom. The number of para-hydroxylation sites is 1. The van der Waals surface area contributed by atoms with Gasteiger partial charge in [0.2, 0.25) is 5.91 Å². The van der Waals surface area contributed by atoms with Gasteiger partial charge in [0.1, 0.15) is 22.9 Å². The average molecular weight is 552 g/mol. The second-order valence-electron chi connectivity index (χ2n) is 8.67. The number of benzene rings is 2. The summed E-state index contributed by atoms with van der Waals surface area (Å²) < 4.78 is 12.5. The van der Waals surface area contributed by atoms with E-state index >= 15 is 0 Å². The lowest BCUT2D eigenvalue weighted by Crippen LogP contribution is -2.42. The number of aliphatic hydroxyl groups is 1. The lowest BCUT2D eigenvalue weighted by Gasteiger charge is -2.27. The number of aliphatic hydroxyl groups excluding tert-OH is 1. The van der Waals surface area contributed by atoms with E-state index in [1.807, 2.05) is 46.0 Å². The molecule has 0 radical (unpaired) electrons. The summed E-state index contributed by atoms with van der Waals surface area (Å²) in [5.41, 5.74) is 2.31. The predicted octanol–water partition coefficient (Wildman–Crippen LogP) is 5.35. The van der Waals surface area contributed by atoms with E-state index in [0.717, 1.165) is 16.5 Å². The summed E-state index contributed by atoms with van der Waals surface area (Å²) in [6, 6.07) is 14.6. The smallest absolute Gasteiger partial charge is 0.344 e. The topological polar surface area (TPSA) is 93.4 Å². The van der Waals surface area contributed by atoms with Gasteiger partial charge in [-0.25, -0.2) is 9.79 Å². The molecular formula is C28H26ClN3O5S. The van der Waals surface area contributed by atoms with E-state index in [2.05, 4.69) is 4.99 Å². The number of aromatic nitrogens is 1. The number of carbonyl (C=O) groups excluding carboxylic acids is 2. The van der Waals surface area contributed by atoms with Crippen LogP contribution in [0.25, 0.3) is 17.0 Å². The van der Waals surface area contributed by atoms with Crippen LogP contribution in [0.1, 0.15) is 12.5 Å². The Balaban J connectivity index is 1.51. The molecule has 5 rings (SSSR count). The normalized spacial score (nSPS) is 18.1. The van der Waals surface area contributed by atoms with E-state index < -0.39 is 5.97 Å². The number of amides is 1. The molecule has 8 nitrogen and oxygen atoms in total. The molecule has 0 spiro atoms. The molecule has 0 bridgehead atoms. The van der Waals surface area contributed by atoms with Crippen LogP contribution in [-0.4, -0.2) is 64.4 Å². The first kappa shape index (κ1) is 26.1. The molecule has 1 fully saturated rings. The van der Waals surface area contributed by atoms with E-state index in [4.69, 9.17) is 21.1 Å². The van der Waals surface area contributed by atoms with Crippen molar-refractivity contribution < 1.29 is 24.2 Å². The molecule has 0 aliphatic carbocycles. The van der Waals surface area contributed by atoms with Gasteiger partial charge in [-0.3, -0.25) is 4.79 Å². The third-order valence-corrected chi connectivity index (χ3v) is 7.47. The van der Waals surface area contributed by atoms with Gasteiger partial charge in [-0.1, -0.05) is 41.6 Å². The Hall–Kier alpha value is -3.53. The molecular weight excluding hydrogens is 526 g/mol. The third kappa shape index (κ3) is 5.50. The van der Waals surface area contributed by atoms with Gasteiger partial charge in [0.25, 0.3) is 0 Å². The fourth-order valence-corrected chi connectivity index (χ4v) is 5.50. The van der Waals surface area contributed by atoms with Crippen LogP contribution in [-0.2, 0) is 25.6 Å². The van der Waals surface area contributed by atoms with Crippen molar-refractivity contribution in [1.82, 2.24) is 9.47 Å². The minimum Gasteiger partial charge on any atom is -0.506 e. The molecule has 1 saturated heterocycles. The van der Waals surface area contributed by atoms with Gasteiger partial charge >= 0.3 is 5.97 Å². The monoisotopic (exact) mass is 551 g/mol. The lowest BCUT2D eigenvalue weighted by molar-refractivity contribution is -0.138. The summed E-state index contributed by atoms with van der Waals surface area (Å²) in [6.45, 7) is 4.31. The highest BCUT2D eigenvalue weighted by Gasteiger charge is 2.33. The van der Waals surface area contributed by atoms with Gasteiger partial charge in [0.15, 0.2) is 0 Å². The van der Waals surface area contributed by atoms with Gasteiger partial charge in [-0.2, -0.15) is 0 Å². The molecule has 3 aromatic rings. The van der Waals surface area contributed by atoms with Crippen molar-refractivity contribution in [2.75, 3.05) is 32.9 Å². The van der Waals surface area contributed by atoms with Crippen molar-refractivity contribution in [2.45, 2.75) is 13.5 Å². The Bertz CT molecular complexity index is 1470. The number of esters is 1. The van der Waals surface area contributed by atoms with Gasteiger partial charge in [-0.05, 0) is 43.3 Å². The Morgan fingerprint density at radius 3 is 2.63 bits per heavy atom. The fourth-order valence-electron chi connectivity index (χ4n) is 4.35. The summed E-state index contributed by atoms with van der Waals surface area (Å²) in [4.78, 5) is 32.6. The first-order chi connectivity index (χ1) is 18.4. The quantitative estimate of drug-likeness (QED) is 0.415. The summed E-state index contributed by atoms with van der Waals surface area (Å²) >= 11 is 7.18. The molecule has 2 aliphatic heterocycles. The molecule has 3 heterocycles. The van der Waals surface area contributed by atoms with Crippen LogP contribution in [0, 0.1) is 0 Å². The first-order valence-corrected chi connectivity index (χ1v) is 13.4. The van der Waals surface area contributed by atoms with E-state index in [1.165, 1.54) is 11.8 Å². The van der Waals surface area contributed by atoms with Crippen LogP contribution in [0.4, 0.5) is 5.69 Å². The first-order valence-electron chi connectivity index (χ1n) is 12.2. The molecule has 1 amide bonds. The standard InChI is InChI=1S/C28H26ClN3O5S/c1-2-37-28(35)25-26(34)23(38-27(25)30-20-9-7-19(29)8-10-20)15-18-16-32(22-6-4-3-5-21(18)22)17-24(33)31-11-13-36-14-12-31/h3-10,15-16,34H,2,11-14,17H2,1H3. The second kappa shape index (κ2) is 11.5. The van der Waals surface area contributed by atoms with E-state index in [9.17, 15) is 14.7 Å². The molecule has 0 unspecified atom stereocenters. The third-order valence-electron chi connectivity index (χ3n) is 6.20. The van der Waals surface area contributed by atoms with Crippen molar-refractivity contribution in [3.8, 4) is 0 Å². The Kier molecular flexibility index (Phi) is 7.87. The van der Waals surface area contributed by atoms with Gasteiger partial charge in [-0.15, -0.1) is 0 Å². The maximum absolute atomic E-state index is 12.9. The highest BCUT2D eigenvalue weighted by molar-refractivity contribution is 8.18. The number of nitrogens with zero attached hydrogens (tertiary/aromatic N) is 3. The number of thioether (sulfide) groups is 1. The van der Waals surface area contributed by atoms with Crippen LogP contribution >= 0.6 is 23.4 Å². The number of ether oxygens (including phenoxy) is 2. The molecule has 2 aromatic carbocycles. The largest absolute Gasteiger partial charge is 0.506 e. The fraction of sp³-hybridized carbons (Fsp3) is 0.250. The maximum Gasteiger partial charge on any atom is 0.344 e. The highest BCUT2D eigenvalue weighted by atomic mass is 35.5. The SMILES string of the molecule is CCOC(=O)C1=C(O)C(=Cc2cn(CC(=O)N3CCOCC3)c3ccccc23)SC1=Nc1ccc(Cl)cc1. The predicted molar refractivity (Wildman–Crippen MR) is 150 cm³/mol. The van der Waals surface area contributed by atoms with E-state index in [0.29, 0.717) is 47.0 Å². The van der Waals surface area contributed by atoms with Crippen molar-refractivity contribution in [1.29, 1.82) is 0 Å². The number of morpholine rings is 1. The van der Waals surface area contributed by atoms with Crippen LogP contribution in [0.2, 0.25) is 5.02 Å². The lowest BCUT2D eigenvalue weighted by atomic mass is 10.1. The molecule has 1 aromatic heterocycles. The molecule has 10 heteroatoms. The summed E-state index contributed by atoms with van der Waals surface area (Å²) in [6.07, 6.45) is 3.70. The Morgan fingerprint density at radius 2 is 1.89 bits per heavy atom.